The van der Waals surface area contributed by atoms with E-state index in [9.17, 15) is 4.39 Å². The predicted molar refractivity (Wildman–Crippen MR) is 89.4 cm³/mol. The number of methoxy groups -OCH3 is 1. The van der Waals surface area contributed by atoms with Gasteiger partial charge in [0.15, 0.2) is 0 Å². The molecule has 23 heavy (non-hydrogen) atoms. The summed E-state index contributed by atoms with van der Waals surface area (Å²) >= 11 is 0. The molecule has 1 aromatic heterocycles. The van der Waals surface area contributed by atoms with Crippen molar-refractivity contribution in [1.29, 1.82) is 0 Å². The van der Waals surface area contributed by atoms with E-state index in [1.54, 1.807) is 13.2 Å². The normalized spacial score (nSPS) is 15.7. The zero-order valence-electron chi connectivity index (χ0n) is 13.6. The molecule has 3 rings (SSSR count). The van der Waals surface area contributed by atoms with Crippen molar-refractivity contribution in [1.82, 2.24) is 9.88 Å². The first kappa shape index (κ1) is 15.7. The zero-order chi connectivity index (χ0) is 16.2. The van der Waals surface area contributed by atoms with Crippen LogP contribution < -0.4 is 9.64 Å². The fourth-order valence-electron chi connectivity index (χ4n) is 2.98. The van der Waals surface area contributed by atoms with E-state index in [1.165, 1.54) is 23.3 Å². The Kier molecular flexibility index (Phi) is 4.76. The molecular weight excluding hydrogens is 293 g/mol. The summed E-state index contributed by atoms with van der Waals surface area (Å²) in [6.45, 7) is 6.81. The number of ether oxygens (including phenoxy) is 1. The van der Waals surface area contributed by atoms with Crippen LogP contribution in [0.1, 0.15) is 11.1 Å². The molecule has 1 fully saturated rings. The number of rotatable bonds is 4. The van der Waals surface area contributed by atoms with E-state index in [0.717, 1.165) is 38.4 Å². The Labute approximate surface area is 136 Å². The molecule has 122 valence electrons. The van der Waals surface area contributed by atoms with Gasteiger partial charge in [0, 0.05) is 51.2 Å². The molecule has 0 atom stereocenters. The van der Waals surface area contributed by atoms with E-state index in [2.05, 4.69) is 27.8 Å². The first-order valence-electron chi connectivity index (χ1n) is 7.87. The molecule has 0 radical (unpaired) electrons. The van der Waals surface area contributed by atoms with Crippen molar-refractivity contribution in [2.45, 2.75) is 13.5 Å². The lowest BCUT2D eigenvalue weighted by Gasteiger charge is -2.36. The van der Waals surface area contributed by atoms with Crippen molar-refractivity contribution >= 4 is 5.69 Å². The van der Waals surface area contributed by atoms with Crippen molar-refractivity contribution in [3.8, 4) is 5.75 Å². The number of nitrogens with zero attached hydrogens (tertiary/aromatic N) is 3. The summed E-state index contributed by atoms with van der Waals surface area (Å²) in [4.78, 5) is 8.84. The average Bonchev–Trinajstić information content (AvgIpc) is 2.58. The molecule has 2 aromatic rings. The first-order chi connectivity index (χ1) is 11.2. The average molecular weight is 315 g/mol. The molecule has 0 bridgehead atoms. The number of aryl methyl sites for hydroxylation is 1. The minimum absolute atomic E-state index is 0.266. The van der Waals surface area contributed by atoms with Crippen LogP contribution in [0.5, 0.6) is 5.75 Å². The highest BCUT2D eigenvalue weighted by molar-refractivity contribution is 5.59. The van der Waals surface area contributed by atoms with Gasteiger partial charge in [-0.3, -0.25) is 9.88 Å². The molecule has 0 N–H and O–H groups in total. The number of aromatic nitrogens is 1. The van der Waals surface area contributed by atoms with E-state index < -0.39 is 0 Å². The standard InChI is InChI=1S/C18H22FN3O/c1-14-12-20-6-5-15(14)13-21-7-9-22(10-8-21)17-4-3-16(19)11-18(17)23-2/h3-6,11-12H,7-10,13H2,1-2H3. The maximum Gasteiger partial charge on any atom is 0.145 e. The van der Waals surface area contributed by atoms with Gasteiger partial charge in [-0.2, -0.15) is 0 Å². The summed E-state index contributed by atoms with van der Waals surface area (Å²) in [5.41, 5.74) is 3.52. The van der Waals surface area contributed by atoms with Gasteiger partial charge in [-0.15, -0.1) is 0 Å². The molecular formula is C18H22FN3O. The summed E-state index contributed by atoms with van der Waals surface area (Å²) in [5, 5.41) is 0. The lowest BCUT2D eigenvalue weighted by atomic mass is 10.1. The van der Waals surface area contributed by atoms with Crippen molar-refractivity contribution in [3.63, 3.8) is 0 Å². The van der Waals surface area contributed by atoms with E-state index in [0.29, 0.717) is 5.75 Å². The van der Waals surface area contributed by atoms with Crippen molar-refractivity contribution in [3.05, 3.63) is 53.6 Å². The quantitative estimate of drug-likeness (QED) is 0.867. The molecule has 0 aliphatic carbocycles. The van der Waals surface area contributed by atoms with E-state index >= 15 is 0 Å². The van der Waals surface area contributed by atoms with Gasteiger partial charge >= 0.3 is 0 Å². The lowest BCUT2D eigenvalue weighted by molar-refractivity contribution is 0.248. The third-order valence-electron chi connectivity index (χ3n) is 4.39. The van der Waals surface area contributed by atoms with Gasteiger partial charge in [0.05, 0.1) is 12.8 Å². The SMILES string of the molecule is COc1cc(F)ccc1N1CCN(Cc2ccncc2C)CC1. The summed E-state index contributed by atoms with van der Waals surface area (Å²) in [7, 11) is 1.58. The van der Waals surface area contributed by atoms with Crippen molar-refractivity contribution in [2.24, 2.45) is 0 Å². The first-order valence-corrected chi connectivity index (χ1v) is 7.87. The monoisotopic (exact) mass is 315 g/mol. The van der Waals surface area contributed by atoms with Crippen LogP contribution in [0.15, 0.2) is 36.7 Å². The fraction of sp³-hybridized carbons (Fsp3) is 0.389. The van der Waals surface area contributed by atoms with Gasteiger partial charge in [-0.1, -0.05) is 0 Å². The molecule has 1 aliphatic rings. The third kappa shape index (κ3) is 3.62. The molecule has 5 heteroatoms. The maximum absolute atomic E-state index is 13.3. The van der Waals surface area contributed by atoms with Crippen LogP contribution in [0.2, 0.25) is 0 Å². The van der Waals surface area contributed by atoms with Gasteiger partial charge in [-0.25, -0.2) is 4.39 Å². The highest BCUT2D eigenvalue weighted by Crippen LogP contribution is 2.29. The van der Waals surface area contributed by atoms with Crippen LogP contribution in [0.25, 0.3) is 0 Å². The highest BCUT2D eigenvalue weighted by Gasteiger charge is 2.20. The Bertz CT molecular complexity index is 669. The summed E-state index contributed by atoms with van der Waals surface area (Å²) in [6.07, 6.45) is 3.76. The largest absolute Gasteiger partial charge is 0.494 e. The van der Waals surface area contributed by atoms with Gasteiger partial charge in [0.1, 0.15) is 11.6 Å². The molecule has 2 heterocycles. The maximum atomic E-state index is 13.3. The molecule has 0 amide bonds. The van der Waals surface area contributed by atoms with Gasteiger partial charge in [-0.05, 0) is 36.2 Å². The topological polar surface area (TPSA) is 28.6 Å². The van der Waals surface area contributed by atoms with Crippen LogP contribution in [-0.4, -0.2) is 43.2 Å². The van der Waals surface area contributed by atoms with Crippen LogP contribution >= 0.6 is 0 Å². The number of pyridine rings is 1. The van der Waals surface area contributed by atoms with Gasteiger partial charge < -0.3 is 9.64 Å². The Morgan fingerprint density at radius 2 is 1.96 bits per heavy atom. The van der Waals surface area contributed by atoms with E-state index in [4.69, 9.17) is 4.74 Å². The van der Waals surface area contributed by atoms with Crippen LogP contribution in [-0.2, 0) is 6.54 Å². The molecule has 0 saturated carbocycles. The van der Waals surface area contributed by atoms with Crippen molar-refractivity contribution < 1.29 is 9.13 Å². The zero-order valence-corrected chi connectivity index (χ0v) is 13.6. The second kappa shape index (κ2) is 6.96. The van der Waals surface area contributed by atoms with Crippen LogP contribution in [0, 0.1) is 12.7 Å². The summed E-state index contributed by atoms with van der Waals surface area (Å²) < 4.78 is 18.6. The minimum atomic E-state index is -0.266. The summed E-state index contributed by atoms with van der Waals surface area (Å²) in [6, 6.07) is 6.83. The number of halogens is 1. The Morgan fingerprint density at radius 1 is 1.17 bits per heavy atom. The number of piperazine rings is 1. The third-order valence-corrected chi connectivity index (χ3v) is 4.39. The Hall–Kier alpha value is -2.14. The molecule has 1 aliphatic heterocycles. The van der Waals surface area contributed by atoms with E-state index in [-0.39, 0.29) is 5.82 Å². The second-order valence-corrected chi connectivity index (χ2v) is 5.88. The van der Waals surface area contributed by atoms with Crippen LogP contribution in [0.4, 0.5) is 10.1 Å². The molecule has 4 nitrogen and oxygen atoms in total. The minimum Gasteiger partial charge on any atom is -0.494 e. The molecule has 1 saturated heterocycles. The second-order valence-electron chi connectivity index (χ2n) is 5.88. The fourth-order valence-corrected chi connectivity index (χ4v) is 2.98. The Morgan fingerprint density at radius 3 is 2.65 bits per heavy atom. The predicted octanol–water partition coefficient (Wildman–Crippen LogP) is 2.86. The molecule has 0 unspecified atom stereocenters. The van der Waals surface area contributed by atoms with E-state index in [1.807, 2.05) is 12.4 Å². The van der Waals surface area contributed by atoms with Gasteiger partial charge in [0.2, 0.25) is 0 Å². The number of anilines is 1. The van der Waals surface area contributed by atoms with Gasteiger partial charge in [0.25, 0.3) is 0 Å². The number of benzene rings is 1. The summed E-state index contributed by atoms with van der Waals surface area (Å²) in [5.74, 6) is 0.334. The van der Waals surface area contributed by atoms with Crippen molar-refractivity contribution in [2.75, 3.05) is 38.2 Å². The molecule has 0 spiro atoms. The highest BCUT2D eigenvalue weighted by atomic mass is 19.1. The Balaban J connectivity index is 1.64. The van der Waals surface area contributed by atoms with Crippen LogP contribution in [0.3, 0.4) is 0 Å². The number of hydrogen-bond donors (Lipinski definition) is 0. The lowest BCUT2D eigenvalue weighted by Crippen LogP contribution is -2.46. The molecule has 1 aromatic carbocycles. The number of hydrogen-bond acceptors (Lipinski definition) is 4. The smallest absolute Gasteiger partial charge is 0.145 e.